The Morgan fingerprint density at radius 1 is 1.29 bits per heavy atom. The second kappa shape index (κ2) is 8.21. The molecule has 0 bridgehead atoms. The van der Waals surface area contributed by atoms with Crippen molar-refractivity contribution < 1.29 is 14.3 Å². The highest BCUT2D eigenvalue weighted by atomic mass is 32.1. The lowest BCUT2D eigenvalue weighted by Crippen LogP contribution is -2.41. The highest BCUT2D eigenvalue weighted by molar-refractivity contribution is 7.14. The van der Waals surface area contributed by atoms with Crippen LogP contribution in [0.15, 0.2) is 29.6 Å². The molecule has 146 valence electrons. The lowest BCUT2D eigenvalue weighted by Gasteiger charge is -2.30. The lowest BCUT2D eigenvalue weighted by molar-refractivity contribution is -0.121. The van der Waals surface area contributed by atoms with Crippen LogP contribution < -0.4 is 14.8 Å². The summed E-state index contributed by atoms with van der Waals surface area (Å²) >= 11 is 1.37. The van der Waals surface area contributed by atoms with Crippen molar-refractivity contribution in [3.05, 3.63) is 40.8 Å². The number of nitriles is 1. The third-order valence-corrected chi connectivity index (χ3v) is 6.18. The molecule has 1 fully saturated rings. The number of thiophene rings is 1. The molecule has 0 aliphatic carbocycles. The fourth-order valence-electron chi connectivity index (χ4n) is 3.86. The molecule has 1 N–H and O–H groups in total. The van der Waals surface area contributed by atoms with Crippen LogP contribution in [-0.2, 0) is 4.79 Å². The Hall–Kier alpha value is -2.56. The van der Waals surface area contributed by atoms with Crippen LogP contribution in [0.2, 0.25) is 0 Å². The minimum Gasteiger partial charge on any atom is -0.490 e. The molecule has 2 aliphatic rings. The number of anilines is 1. The number of ether oxygens (including phenoxy) is 2. The number of carbonyl (C=O) groups is 1. The number of benzene rings is 1. The van der Waals surface area contributed by atoms with Crippen LogP contribution in [0.1, 0.15) is 43.4 Å². The summed E-state index contributed by atoms with van der Waals surface area (Å²) in [6.07, 6.45) is 2.92. The van der Waals surface area contributed by atoms with E-state index in [4.69, 9.17) is 14.7 Å². The highest BCUT2D eigenvalue weighted by Crippen LogP contribution is 2.39. The van der Waals surface area contributed by atoms with Crippen molar-refractivity contribution in [3.8, 4) is 17.6 Å². The molecule has 1 aromatic carbocycles. The molecule has 0 saturated carbocycles. The Bertz CT molecular complexity index is 905. The minimum absolute atomic E-state index is 0.0832. The third-order valence-electron chi connectivity index (χ3n) is 5.35. The first-order valence-corrected chi connectivity index (χ1v) is 10.5. The van der Waals surface area contributed by atoms with Crippen LogP contribution in [0, 0.1) is 11.3 Å². The van der Waals surface area contributed by atoms with E-state index < -0.39 is 0 Å². The van der Waals surface area contributed by atoms with Gasteiger partial charge in [0.15, 0.2) is 11.5 Å². The van der Waals surface area contributed by atoms with Crippen molar-refractivity contribution in [1.29, 1.82) is 5.26 Å². The zero-order chi connectivity index (χ0) is 19.5. The molecule has 1 aromatic heterocycles. The molecule has 2 aliphatic heterocycles. The maximum atomic E-state index is 12.8. The van der Waals surface area contributed by atoms with E-state index in [1.807, 2.05) is 18.4 Å². The monoisotopic (exact) mass is 397 g/mol. The number of amides is 1. The molecular formula is C21H23N3O3S. The third kappa shape index (κ3) is 3.71. The largest absolute Gasteiger partial charge is 0.490 e. The number of nitrogens with one attached hydrogen (secondary N) is 1. The van der Waals surface area contributed by atoms with Gasteiger partial charge in [-0.2, -0.15) is 5.26 Å². The zero-order valence-electron chi connectivity index (χ0n) is 15.8. The van der Waals surface area contributed by atoms with Crippen molar-refractivity contribution >= 4 is 22.2 Å². The van der Waals surface area contributed by atoms with E-state index in [0.717, 1.165) is 42.9 Å². The maximum Gasteiger partial charge on any atom is 0.242 e. The molecule has 0 spiro atoms. The summed E-state index contributed by atoms with van der Waals surface area (Å²) in [6.45, 7) is 4.12. The summed E-state index contributed by atoms with van der Waals surface area (Å²) in [4.78, 5) is 15.1. The summed E-state index contributed by atoms with van der Waals surface area (Å²) < 4.78 is 11.6. The minimum atomic E-state index is -0.294. The summed E-state index contributed by atoms with van der Waals surface area (Å²) in [6, 6.07) is 9.82. The Balaban J connectivity index is 1.51. The Kier molecular flexibility index (Phi) is 5.51. The number of hydrogen-bond acceptors (Lipinski definition) is 6. The van der Waals surface area contributed by atoms with Crippen LogP contribution in [0.25, 0.3) is 0 Å². The Labute approximate surface area is 168 Å². The predicted octanol–water partition coefficient (Wildman–Crippen LogP) is 3.95. The summed E-state index contributed by atoms with van der Waals surface area (Å²) in [5.74, 6) is 1.50. The number of fused-ring (bicyclic) bond motifs is 1. The molecular weight excluding hydrogens is 374 g/mol. The smallest absolute Gasteiger partial charge is 0.242 e. The first-order chi connectivity index (χ1) is 13.7. The number of likely N-dealkylation sites (tertiary alicyclic amines) is 1. The highest BCUT2D eigenvalue weighted by Gasteiger charge is 2.33. The molecule has 2 unspecified atom stereocenters. The summed E-state index contributed by atoms with van der Waals surface area (Å²) in [5, 5.41) is 14.5. The second-order valence-corrected chi connectivity index (χ2v) is 8.01. The SMILES string of the molecule is CC(C(=O)Nc1sccc1C#N)N1CCCC1c1ccc2c(c1)OCCCO2. The molecule has 7 heteroatoms. The lowest BCUT2D eigenvalue weighted by atomic mass is 10.0. The molecule has 0 radical (unpaired) electrons. The van der Waals surface area contributed by atoms with Crippen molar-refractivity contribution in [3.63, 3.8) is 0 Å². The topological polar surface area (TPSA) is 74.6 Å². The van der Waals surface area contributed by atoms with Crippen LogP contribution in [0.3, 0.4) is 0 Å². The van der Waals surface area contributed by atoms with Crippen LogP contribution in [0.4, 0.5) is 5.00 Å². The van der Waals surface area contributed by atoms with Gasteiger partial charge in [0.25, 0.3) is 0 Å². The van der Waals surface area contributed by atoms with E-state index in [0.29, 0.717) is 23.8 Å². The van der Waals surface area contributed by atoms with Gasteiger partial charge in [-0.25, -0.2) is 0 Å². The predicted molar refractivity (Wildman–Crippen MR) is 108 cm³/mol. The van der Waals surface area contributed by atoms with Crippen molar-refractivity contribution in [2.45, 2.75) is 38.3 Å². The second-order valence-electron chi connectivity index (χ2n) is 7.09. The van der Waals surface area contributed by atoms with E-state index in [1.165, 1.54) is 11.3 Å². The van der Waals surface area contributed by atoms with E-state index in [1.54, 1.807) is 6.07 Å². The van der Waals surface area contributed by atoms with Gasteiger partial charge in [0.1, 0.15) is 11.1 Å². The van der Waals surface area contributed by atoms with Gasteiger partial charge in [0, 0.05) is 12.5 Å². The van der Waals surface area contributed by atoms with Crippen molar-refractivity contribution in [1.82, 2.24) is 4.90 Å². The number of nitrogens with zero attached hydrogens (tertiary/aromatic N) is 2. The van der Waals surface area contributed by atoms with Gasteiger partial charge in [-0.1, -0.05) is 6.07 Å². The van der Waals surface area contributed by atoms with Gasteiger partial charge in [-0.3, -0.25) is 9.69 Å². The fraction of sp³-hybridized carbons (Fsp3) is 0.429. The first kappa shape index (κ1) is 18.8. The van der Waals surface area contributed by atoms with Crippen LogP contribution in [0.5, 0.6) is 11.5 Å². The average Bonchev–Trinajstić information content (AvgIpc) is 3.31. The molecule has 28 heavy (non-hydrogen) atoms. The Morgan fingerprint density at radius 3 is 2.93 bits per heavy atom. The summed E-state index contributed by atoms with van der Waals surface area (Å²) in [7, 11) is 0. The van der Waals surface area contributed by atoms with E-state index in [-0.39, 0.29) is 18.0 Å². The van der Waals surface area contributed by atoms with Crippen molar-refractivity contribution in [2.24, 2.45) is 0 Å². The van der Waals surface area contributed by atoms with E-state index in [9.17, 15) is 4.79 Å². The van der Waals surface area contributed by atoms with Gasteiger partial charge in [0.2, 0.25) is 5.91 Å². The maximum absolute atomic E-state index is 12.8. The van der Waals surface area contributed by atoms with Gasteiger partial charge < -0.3 is 14.8 Å². The average molecular weight is 398 g/mol. The van der Waals surface area contributed by atoms with Gasteiger partial charge >= 0.3 is 0 Å². The van der Waals surface area contributed by atoms with Crippen LogP contribution >= 0.6 is 11.3 Å². The summed E-state index contributed by atoms with van der Waals surface area (Å²) in [5.41, 5.74) is 1.65. The Morgan fingerprint density at radius 2 is 2.11 bits per heavy atom. The van der Waals surface area contributed by atoms with E-state index >= 15 is 0 Å². The normalized spacial score (nSPS) is 20.2. The van der Waals surface area contributed by atoms with Gasteiger partial charge in [-0.15, -0.1) is 11.3 Å². The van der Waals surface area contributed by atoms with Crippen LogP contribution in [-0.4, -0.2) is 36.6 Å². The molecule has 2 aromatic rings. The fourth-order valence-corrected chi connectivity index (χ4v) is 4.60. The quantitative estimate of drug-likeness (QED) is 0.846. The van der Waals surface area contributed by atoms with Crippen molar-refractivity contribution in [2.75, 3.05) is 25.1 Å². The molecule has 2 atom stereocenters. The van der Waals surface area contributed by atoms with E-state index in [2.05, 4.69) is 28.4 Å². The molecule has 1 saturated heterocycles. The number of hydrogen-bond donors (Lipinski definition) is 1. The molecule has 1 amide bonds. The standard InChI is InChI=1S/C21H23N3O3S/c1-14(20(25)23-21-16(13-22)7-11-28-21)24-8-2-4-17(24)15-5-6-18-19(12-15)27-10-3-9-26-18/h5-7,11-12,14,17H,2-4,8-10H2,1H3,(H,23,25). The van der Waals surface area contributed by atoms with Gasteiger partial charge in [0.05, 0.1) is 24.8 Å². The molecule has 6 nitrogen and oxygen atoms in total. The molecule has 4 rings (SSSR count). The molecule has 3 heterocycles. The zero-order valence-corrected chi connectivity index (χ0v) is 16.6. The number of carbonyl (C=O) groups excluding carboxylic acids is 1. The van der Waals surface area contributed by atoms with Gasteiger partial charge in [-0.05, 0) is 55.5 Å². The number of rotatable bonds is 4. The first-order valence-electron chi connectivity index (χ1n) is 9.61.